The van der Waals surface area contributed by atoms with Gasteiger partial charge in [-0.25, -0.2) is 0 Å². The molecule has 0 N–H and O–H groups in total. The SMILES string of the molecule is c1ccc(-c2cccc(C(c3ccc(-c4cc5ccc6ccccc6c5c5ccccc45)cc3)c3cccc4ccc5c6ccccc6sc5c34)c2)cc1. The lowest BCUT2D eigenvalue weighted by Crippen LogP contribution is -2.05. The van der Waals surface area contributed by atoms with Crippen LogP contribution in [0.3, 0.4) is 0 Å². The topological polar surface area (TPSA) is 0 Å². The average Bonchev–Trinajstić information content (AvgIpc) is 3.63. The van der Waals surface area contributed by atoms with Crippen LogP contribution in [-0.4, -0.2) is 0 Å². The van der Waals surface area contributed by atoms with Crippen molar-refractivity contribution in [2.24, 2.45) is 0 Å². The molecular formula is C53H34S. The molecule has 0 radical (unpaired) electrons. The number of fused-ring (bicyclic) bond motifs is 10. The number of hydrogen-bond acceptors (Lipinski definition) is 1. The highest BCUT2D eigenvalue weighted by Crippen LogP contribution is 2.45. The Hall–Kier alpha value is -6.54. The maximum absolute atomic E-state index is 2.40. The lowest BCUT2D eigenvalue weighted by Gasteiger charge is -2.22. The zero-order valence-corrected chi connectivity index (χ0v) is 30.4. The summed E-state index contributed by atoms with van der Waals surface area (Å²) in [6.07, 6.45) is 0. The van der Waals surface area contributed by atoms with Crippen molar-refractivity contribution in [2.45, 2.75) is 5.92 Å². The average molecular weight is 703 g/mol. The van der Waals surface area contributed by atoms with Gasteiger partial charge in [0, 0.05) is 31.5 Å². The first-order valence-electron chi connectivity index (χ1n) is 18.7. The third kappa shape index (κ3) is 4.97. The van der Waals surface area contributed by atoms with Crippen LogP contribution < -0.4 is 0 Å². The summed E-state index contributed by atoms with van der Waals surface area (Å²) in [6.45, 7) is 0. The molecular weight excluding hydrogens is 669 g/mol. The molecule has 0 spiro atoms. The van der Waals surface area contributed by atoms with Crippen molar-refractivity contribution in [3.8, 4) is 22.3 Å². The molecule has 0 saturated carbocycles. The van der Waals surface area contributed by atoms with Gasteiger partial charge in [-0.3, -0.25) is 0 Å². The second-order valence-electron chi connectivity index (χ2n) is 14.4. The van der Waals surface area contributed by atoms with Crippen LogP contribution in [-0.2, 0) is 0 Å². The number of rotatable bonds is 5. The van der Waals surface area contributed by atoms with Crippen LogP contribution in [0.25, 0.3) is 85.5 Å². The summed E-state index contributed by atoms with van der Waals surface area (Å²) < 4.78 is 2.69. The zero-order valence-electron chi connectivity index (χ0n) is 29.5. The fraction of sp³-hybridized carbons (Fsp3) is 0.0189. The van der Waals surface area contributed by atoms with Gasteiger partial charge in [-0.15, -0.1) is 11.3 Å². The molecule has 1 unspecified atom stereocenters. The first kappa shape index (κ1) is 31.0. The van der Waals surface area contributed by atoms with E-state index < -0.39 is 0 Å². The Morgan fingerprint density at radius 2 is 1.00 bits per heavy atom. The Kier molecular flexibility index (Phi) is 7.21. The lowest BCUT2D eigenvalue weighted by atomic mass is 9.81. The summed E-state index contributed by atoms with van der Waals surface area (Å²) in [5, 5.41) is 13.0. The van der Waals surface area contributed by atoms with E-state index in [4.69, 9.17) is 0 Å². The third-order valence-corrected chi connectivity index (χ3v) is 12.6. The van der Waals surface area contributed by atoms with Gasteiger partial charge < -0.3 is 0 Å². The number of benzene rings is 10. The van der Waals surface area contributed by atoms with Gasteiger partial charge in [0.25, 0.3) is 0 Å². The minimum atomic E-state index is 0.0296. The van der Waals surface area contributed by atoms with Crippen molar-refractivity contribution in [2.75, 3.05) is 0 Å². The molecule has 1 atom stereocenters. The molecule has 0 aliphatic carbocycles. The van der Waals surface area contributed by atoms with Crippen molar-refractivity contribution in [1.29, 1.82) is 0 Å². The predicted molar refractivity (Wildman–Crippen MR) is 234 cm³/mol. The Labute approximate surface area is 318 Å². The molecule has 1 heterocycles. The molecule has 1 aromatic heterocycles. The fourth-order valence-electron chi connectivity index (χ4n) is 8.87. The molecule has 0 nitrogen and oxygen atoms in total. The monoisotopic (exact) mass is 702 g/mol. The van der Waals surface area contributed by atoms with E-state index in [-0.39, 0.29) is 5.92 Å². The minimum absolute atomic E-state index is 0.0296. The van der Waals surface area contributed by atoms with E-state index in [9.17, 15) is 0 Å². The van der Waals surface area contributed by atoms with Gasteiger partial charge in [0.05, 0.1) is 0 Å². The molecule has 0 aliphatic heterocycles. The second-order valence-corrected chi connectivity index (χ2v) is 15.4. The molecule has 54 heavy (non-hydrogen) atoms. The zero-order chi connectivity index (χ0) is 35.6. The molecule has 10 aromatic carbocycles. The van der Waals surface area contributed by atoms with Gasteiger partial charge in [0.15, 0.2) is 0 Å². The molecule has 0 fully saturated rings. The van der Waals surface area contributed by atoms with Gasteiger partial charge in [0.2, 0.25) is 0 Å². The van der Waals surface area contributed by atoms with E-state index in [0.717, 1.165) is 0 Å². The maximum atomic E-state index is 2.40. The molecule has 0 saturated heterocycles. The first-order chi connectivity index (χ1) is 26.8. The summed E-state index contributed by atoms with van der Waals surface area (Å²) in [4.78, 5) is 0. The van der Waals surface area contributed by atoms with Crippen LogP contribution in [0, 0.1) is 0 Å². The molecule has 1 heteroatoms. The van der Waals surface area contributed by atoms with Gasteiger partial charge in [-0.05, 0) is 88.8 Å². The number of hydrogen-bond donors (Lipinski definition) is 0. The van der Waals surface area contributed by atoms with Crippen LogP contribution in [0.5, 0.6) is 0 Å². The van der Waals surface area contributed by atoms with Gasteiger partial charge in [-0.2, -0.15) is 0 Å². The molecule has 0 aliphatic rings. The Balaban J connectivity index is 1.13. The largest absolute Gasteiger partial charge is 0.135 e. The lowest BCUT2D eigenvalue weighted by molar-refractivity contribution is 0.991. The van der Waals surface area contributed by atoms with Crippen LogP contribution in [0.1, 0.15) is 22.6 Å². The maximum Gasteiger partial charge on any atom is 0.0436 e. The van der Waals surface area contributed by atoms with Crippen molar-refractivity contribution in [3.05, 3.63) is 217 Å². The normalized spacial score (nSPS) is 12.4. The van der Waals surface area contributed by atoms with Crippen LogP contribution >= 0.6 is 11.3 Å². The van der Waals surface area contributed by atoms with E-state index in [1.165, 1.54) is 102 Å². The summed E-state index contributed by atoms with van der Waals surface area (Å²) in [6, 6.07) is 74.3. The van der Waals surface area contributed by atoms with Gasteiger partial charge in [-0.1, -0.05) is 188 Å². The molecule has 11 rings (SSSR count). The highest BCUT2D eigenvalue weighted by Gasteiger charge is 2.23. The summed E-state index contributed by atoms with van der Waals surface area (Å²) in [7, 11) is 0. The second kappa shape index (κ2) is 12.6. The number of thiophene rings is 1. The highest BCUT2D eigenvalue weighted by molar-refractivity contribution is 7.26. The Morgan fingerprint density at radius 3 is 1.87 bits per heavy atom. The van der Waals surface area contributed by atoms with E-state index in [0.29, 0.717) is 0 Å². The third-order valence-electron chi connectivity index (χ3n) is 11.4. The van der Waals surface area contributed by atoms with E-state index in [1.807, 2.05) is 11.3 Å². The highest BCUT2D eigenvalue weighted by atomic mass is 32.1. The predicted octanol–water partition coefficient (Wildman–Crippen LogP) is 15.2. The van der Waals surface area contributed by atoms with E-state index in [1.54, 1.807) is 0 Å². The quantitative estimate of drug-likeness (QED) is 0.124. The molecule has 252 valence electrons. The van der Waals surface area contributed by atoms with Crippen LogP contribution in [0.4, 0.5) is 0 Å². The van der Waals surface area contributed by atoms with E-state index >= 15 is 0 Å². The van der Waals surface area contributed by atoms with Crippen molar-refractivity contribution >= 4 is 74.6 Å². The summed E-state index contributed by atoms with van der Waals surface area (Å²) in [5.74, 6) is 0.0296. The van der Waals surface area contributed by atoms with Gasteiger partial charge in [0.1, 0.15) is 0 Å². The van der Waals surface area contributed by atoms with Crippen molar-refractivity contribution < 1.29 is 0 Å². The van der Waals surface area contributed by atoms with Crippen LogP contribution in [0.15, 0.2) is 200 Å². The fourth-order valence-corrected chi connectivity index (χ4v) is 10.2. The minimum Gasteiger partial charge on any atom is -0.135 e. The molecule has 0 bridgehead atoms. The smallest absolute Gasteiger partial charge is 0.0436 e. The molecule has 0 amide bonds. The van der Waals surface area contributed by atoms with Crippen LogP contribution in [0.2, 0.25) is 0 Å². The Bertz CT molecular complexity index is 3200. The Morgan fingerprint density at radius 1 is 0.333 bits per heavy atom. The first-order valence-corrected chi connectivity index (χ1v) is 19.5. The van der Waals surface area contributed by atoms with Crippen molar-refractivity contribution in [1.82, 2.24) is 0 Å². The van der Waals surface area contributed by atoms with E-state index in [2.05, 4.69) is 200 Å². The van der Waals surface area contributed by atoms with Crippen molar-refractivity contribution in [3.63, 3.8) is 0 Å². The summed E-state index contributed by atoms with van der Waals surface area (Å²) >= 11 is 1.92. The summed E-state index contributed by atoms with van der Waals surface area (Å²) in [5.41, 5.74) is 8.87. The standard InChI is InChI=1S/C53H34S/c1-2-12-34(13-3-1)39-16-10-17-40(32-39)50(47-22-11-15-37-30-31-46-44-20-8-9-23-49(44)54-53(46)52(37)47)38-27-24-36(25-28-38)48-33-41-29-26-35-14-4-5-18-42(35)51(41)45-21-7-6-19-43(45)48/h1-33,50H. The molecule has 11 aromatic rings. The van der Waals surface area contributed by atoms with Gasteiger partial charge >= 0.3 is 0 Å².